The number of carbonyl (C=O) groups is 2. The van der Waals surface area contributed by atoms with E-state index in [-0.39, 0.29) is 11.3 Å². The molecule has 0 aromatic heterocycles. The summed E-state index contributed by atoms with van der Waals surface area (Å²) in [6.07, 6.45) is 1.02. The zero-order chi connectivity index (χ0) is 20.7. The average molecular weight is 386 g/mol. The number of esters is 1. The molecule has 0 spiro atoms. The molecule has 0 aliphatic heterocycles. The van der Waals surface area contributed by atoms with Gasteiger partial charge in [-0.05, 0) is 42.2 Å². The number of nitrogens with one attached hydrogen (secondary N) is 1. The molecule has 1 atom stereocenters. The number of amides is 1. The van der Waals surface area contributed by atoms with Crippen molar-refractivity contribution >= 4 is 23.3 Å². The lowest BCUT2D eigenvalue weighted by molar-refractivity contribution is -0.385. The molecule has 0 radical (unpaired) electrons. The van der Waals surface area contributed by atoms with Gasteiger partial charge >= 0.3 is 11.7 Å². The highest BCUT2D eigenvalue weighted by Crippen LogP contribution is 2.28. The van der Waals surface area contributed by atoms with Crippen molar-refractivity contribution in [2.75, 3.05) is 19.0 Å². The molecular weight excluding hydrogens is 364 g/mol. The first-order valence-corrected chi connectivity index (χ1v) is 8.75. The molecule has 1 N–H and O–H groups in total. The van der Waals surface area contributed by atoms with Crippen molar-refractivity contribution in [3.8, 4) is 5.75 Å². The predicted molar refractivity (Wildman–Crippen MR) is 104 cm³/mol. The fourth-order valence-electron chi connectivity index (χ4n) is 2.50. The molecule has 8 heteroatoms. The molecule has 0 fully saturated rings. The Morgan fingerprint density at radius 1 is 1.18 bits per heavy atom. The number of nitro groups is 1. The average Bonchev–Trinajstić information content (AvgIpc) is 2.71. The van der Waals surface area contributed by atoms with Crippen molar-refractivity contribution in [2.24, 2.45) is 0 Å². The van der Waals surface area contributed by atoms with E-state index in [0.29, 0.717) is 11.6 Å². The van der Waals surface area contributed by atoms with E-state index in [4.69, 9.17) is 4.74 Å². The number of rotatable bonds is 8. The van der Waals surface area contributed by atoms with Crippen molar-refractivity contribution in [2.45, 2.75) is 26.2 Å². The SMILES string of the molecule is CC[C@H](C)c1ccc(NC(=O)COc2ccc(C(=O)OC)cc2[N+](=O)[O-])cc1. The molecule has 2 rings (SSSR count). The maximum atomic E-state index is 12.1. The summed E-state index contributed by atoms with van der Waals surface area (Å²) in [7, 11) is 1.18. The van der Waals surface area contributed by atoms with Gasteiger partial charge < -0.3 is 14.8 Å². The number of nitro benzene ring substituents is 1. The lowest BCUT2D eigenvalue weighted by Crippen LogP contribution is -2.20. The zero-order valence-electron chi connectivity index (χ0n) is 15.9. The number of anilines is 1. The van der Waals surface area contributed by atoms with Crippen LogP contribution in [-0.2, 0) is 9.53 Å². The van der Waals surface area contributed by atoms with Gasteiger partial charge in [0.05, 0.1) is 17.6 Å². The van der Waals surface area contributed by atoms with E-state index in [2.05, 4.69) is 23.9 Å². The highest BCUT2D eigenvalue weighted by Gasteiger charge is 2.20. The minimum Gasteiger partial charge on any atom is -0.477 e. The third kappa shape index (κ3) is 5.29. The fraction of sp³-hybridized carbons (Fsp3) is 0.300. The Hall–Kier alpha value is -3.42. The topological polar surface area (TPSA) is 108 Å². The molecule has 148 valence electrons. The van der Waals surface area contributed by atoms with Crippen LogP contribution >= 0.6 is 0 Å². The molecule has 1 amide bonds. The fourth-order valence-corrected chi connectivity index (χ4v) is 2.50. The molecule has 0 unspecified atom stereocenters. The van der Waals surface area contributed by atoms with E-state index in [1.54, 1.807) is 12.1 Å². The molecule has 2 aromatic rings. The van der Waals surface area contributed by atoms with Crippen molar-refractivity contribution in [1.29, 1.82) is 0 Å². The number of hydrogen-bond acceptors (Lipinski definition) is 6. The minimum atomic E-state index is -0.701. The number of methoxy groups -OCH3 is 1. The van der Waals surface area contributed by atoms with Crippen molar-refractivity contribution < 1.29 is 24.0 Å². The second-order valence-corrected chi connectivity index (χ2v) is 6.20. The van der Waals surface area contributed by atoms with E-state index in [1.165, 1.54) is 24.8 Å². The molecular formula is C20H22N2O6. The van der Waals surface area contributed by atoms with E-state index in [1.807, 2.05) is 12.1 Å². The first-order chi connectivity index (χ1) is 13.3. The molecule has 0 saturated heterocycles. The van der Waals surface area contributed by atoms with Gasteiger partial charge in [0.25, 0.3) is 5.91 Å². The third-order valence-electron chi connectivity index (χ3n) is 4.31. The van der Waals surface area contributed by atoms with Gasteiger partial charge in [-0.25, -0.2) is 4.79 Å². The van der Waals surface area contributed by atoms with E-state index in [9.17, 15) is 19.7 Å². The molecule has 0 saturated carbocycles. The highest BCUT2D eigenvalue weighted by molar-refractivity contribution is 5.92. The summed E-state index contributed by atoms with van der Waals surface area (Å²) in [6.45, 7) is 3.82. The van der Waals surface area contributed by atoms with Crippen LogP contribution in [0.4, 0.5) is 11.4 Å². The van der Waals surface area contributed by atoms with Gasteiger partial charge in [0.15, 0.2) is 12.4 Å². The maximum absolute atomic E-state index is 12.1. The van der Waals surface area contributed by atoms with Crippen LogP contribution in [0, 0.1) is 10.1 Å². The first kappa shape index (κ1) is 20.9. The largest absolute Gasteiger partial charge is 0.477 e. The molecule has 0 heterocycles. The summed E-state index contributed by atoms with van der Waals surface area (Å²) in [6, 6.07) is 11.1. The van der Waals surface area contributed by atoms with Crippen LogP contribution < -0.4 is 10.1 Å². The number of hydrogen-bond donors (Lipinski definition) is 1. The van der Waals surface area contributed by atoms with Crippen molar-refractivity contribution in [1.82, 2.24) is 0 Å². The second-order valence-electron chi connectivity index (χ2n) is 6.20. The van der Waals surface area contributed by atoms with Crippen molar-refractivity contribution in [3.63, 3.8) is 0 Å². The van der Waals surface area contributed by atoms with Gasteiger partial charge in [-0.2, -0.15) is 0 Å². The van der Waals surface area contributed by atoms with E-state index in [0.717, 1.165) is 12.5 Å². The lowest BCUT2D eigenvalue weighted by atomic mass is 9.99. The summed E-state index contributed by atoms with van der Waals surface area (Å²) in [5.74, 6) is -0.836. The molecule has 2 aromatic carbocycles. The maximum Gasteiger partial charge on any atom is 0.338 e. The molecule has 0 aliphatic carbocycles. The van der Waals surface area contributed by atoms with Crippen LogP contribution in [0.1, 0.15) is 42.1 Å². The zero-order valence-corrected chi connectivity index (χ0v) is 15.9. The summed E-state index contributed by atoms with van der Waals surface area (Å²) in [4.78, 5) is 34.1. The standard InChI is InChI=1S/C20H22N2O6/c1-4-13(2)14-5-8-16(9-6-14)21-19(23)12-28-18-10-7-15(20(24)27-3)11-17(18)22(25)26/h5-11,13H,4,12H2,1-3H3,(H,21,23)/t13-/m0/s1. The number of benzene rings is 2. The number of ether oxygens (including phenoxy) is 2. The molecule has 0 aliphatic rings. The van der Waals surface area contributed by atoms with Gasteiger partial charge in [0, 0.05) is 11.8 Å². The van der Waals surface area contributed by atoms with Crippen LogP contribution in [0.3, 0.4) is 0 Å². The van der Waals surface area contributed by atoms with E-state index < -0.39 is 29.1 Å². The molecule has 8 nitrogen and oxygen atoms in total. The Morgan fingerprint density at radius 3 is 2.43 bits per heavy atom. The third-order valence-corrected chi connectivity index (χ3v) is 4.31. The predicted octanol–water partition coefficient (Wildman–Crippen LogP) is 3.91. The van der Waals surface area contributed by atoms with Crippen LogP contribution in [0.5, 0.6) is 5.75 Å². The first-order valence-electron chi connectivity index (χ1n) is 8.75. The Bertz CT molecular complexity index is 863. The van der Waals surface area contributed by atoms with E-state index >= 15 is 0 Å². The van der Waals surface area contributed by atoms with Crippen LogP contribution in [0.15, 0.2) is 42.5 Å². The smallest absolute Gasteiger partial charge is 0.338 e. The number of nitrogens with zero attached hydrogens (tertiary/aromatic N) is 1. The van der Waals surface area contributed by atoms with Crippen LogP contribution in [-0.4, -0.2) is 30.5 Å². The van der Waals surface area contributed by atoms with Crippen LogP contribution in [0.2, 0.25) is 0 Å². The summed E-state index contributed by atoms with van der Waals surface area (Å²) in [5.41, 5.74) is 1.38. The number of carbonyl (C=O) groups excluding carboxylic acids is 2. The molecule has 28 heavy (non-hydrogen) atoms. The second kappa shape index (κ2) is 9.50. The summed E-state index contributed by atoms with van der Waals surface area (Å²) >= 11 is 0. The van der Waals surface area contributed by atoms with Crippen LogP contribution in [0.25, 0.3) is 0 Å². The quantitative estimate of drug-likeness (QED) is 0.419. The van der Waals surface area contributed by atoms with Gasteiger partial charge in [-0.15, -0.1) is 0 Å². The Balaban J connectivity index is 2.02. The Labute approximate surface area is 162 Å². The monoisotopic (exact) mass is 386 g/mol. The highest BCUT2D eigenvalue weighted by atomic mass is 16.6. The molecule has 0 bridgehead atoms. The lowest BCUT2D eigenvalue weighted by Gasteiger charge is -2.11. The summed E-state index contributed by atoms with van der Waals surface area (Å²) < 4.78 is 9.81. The normalized spacial score (nSPS) is 11.4. The Kier molecular flexibility index (Phi) is 7.08. The van der Waals surface area contributed by atoms with Gasteiger partial charge in [-0.3, -0.25) is 14.9 Å². The van der Waals surface area contributed by atoms with Gasteiger partial charge in [-0.1, -0.05) is 26.0 Å². The van der Waals surface area contributed by atoms with Gasteiger partial charge in [0.1, 0.15) is 0 Å². The Morgan fingerprint density at radius 2 is 1.86 bits per heavy atom. The summed E-state index contributed by atoms with van der Waals surface area (Å²) in [5, 5.41) is 13.9. The minimum absolute atomic E-state index is 0.0207. The van der Waals surface area contributed by atoms with Gasteiger partial charge in [0.2, 0.25) is 0 Å². The van der Waals surface area contributed by atoms with Crippen molar-refractivity contribution in [3.05, 3.63) is 63.7 Å².